The van der Waals surface area contributed by atoms with Gasteiger partial charge in [-0.25, -0.2) is 0 Å². The number of halogens is 1. The highest BCUT2D eigenvalue weighted by molar-refractivity contribution is 9.10. The summed E-state index contributed by atoms with van der Waals surface area (Å²) in [4.78, 5) is 0. The summed E-state index contributed by atoms with van der Waals surface area (Å²) in [5.74, 6) is 0. The minimum Gasteiger partial charge on any atom is -0.304 e. The molecule has 80 valence electrons. The maximum Gasteiger partial charge on any atom is 0.0841 e. The smallest absolute Gasteiger partial charge is 0.0841 e. The van der Waals surface area contributed by atoms with Gasteiger partial charge in [0.2, 0.25) is 0 Å². The van der Waals surface area contributed by atoms with E-state index in [0.29, 0.717) is 6.54 Å². The molecule has 0 aliphatic heterocycles. The van der Waals surface area contributed by atoms with Gasteiger partial charge >= 0.3 is 0 Å². The molecular weight excluding hydrogens is 252 g/mol. The van der Waals surface area contributed by atoms with Gasteiger partial charge in [0.25, 0.3) is 0 Å². The Labute approximate surface area is 99.4 Å². The maximum atomic E-state index is 8.47. The summed E-state index contributed by atoms with van der Waals surface area (Å²) >= 11 is 3.55. The summed E-state index contributed by atoms with van der Waals surface area (Å²) in [6.45, 7) is 5.52. The highest BCUT2D eigenvalue weighted by Crippen LogP contribution is 2.29. The van der Waals surface area contributed by atoms with Crippen LogP contribution in [0.25, 0.3) is 0 Å². The molecule has 0 aliphatic carbocycles. The van der Waals surface area contributed by atoms with Crippen LogP contribution >= 0.6 is 15.9 Å². The van der Waals surface area contributed by atoms with Gasteiger partial charge < -0.3 is 5.32 Å². The molecule has 0 amide bonds. The monoisotopic (exact) mass is 266 g/mol. The second-order valence-corrected chi connectivity index (χ2v) is 4.98. The molecule has 0 atom stereocenters. The Morgan fingerprint density at radius 2 is 2.07 bits per heavy atom. The van der Waals surface area contributed by atoms with Crippen LogP contribution in [0.5, 0.6) is 0 Å². The molecule has 0 heterocycles. The molecule has 0 bridgehead atoms. The summed E-state index contributed by atoms with van der Waals surface area (Å²) in [6.07, 6.45) is 0. The third-order valence-corrected chi connectivity index (χ3v) is 3.07. The highest BCUT2D eigenvalue weighted by atomic mass is 79.9. The van der Waals surface area contributed by atoms with Crippen molar-refractivity contribution in [2.45, 2.75) is 19.3 Å². The fourth-order valence-electron chi connectivity index (χ4n) is 1.54. The molecule has 3 heteroatoms. The Kier molecular flexibility index (Phi) is 4.31. The lowest BCUT2D eigenvalue weighted by Crippen LogP contribution is -2.33. The number of nitrogens with one attached hydrogen (secondary N) is 1. The minimum absolute atomic E-state index is 0.0247. The maximum absolute atomic E-state index is 8.47. The quantitative estimate of drug-likeness (QED) is 0.672. The fraction of sp³-hybridized carbons (Fsp3) is 0.417. The van der Waals surface area contributed by atoms with E-state index in [2.05, 4.69) is 47.2 Å². The summed E-state index contributed by atoms with van der Waals surface area (Å²) in [7, 11) is 0. The van der Waals surface area contributed by atoms with E-state index in [-0.39, 0.29) is 5.41 Å². The Morgan fingerprint density at radius 3 is 2.67 bits per heavy atom. The number of nitrogens with zero attached hydrogens (tertiary/aromatic N) is 1. The van der Waals surface area contributed by atoms with Crippen LogP contribution < -0.4 is 5.32 Å². The number of benzene rings is 1. The van der Waals surface area contributed by atoms with Gasteiger partial charge in [-0.15, -0.1) is 0 Å². The largest absolute Gasteiger partial charge is 0.304 e. The van der Waals surface area contributed by atoms with Crippen LogP contribution in [-0.2, 0) is 5.41 Å². The molecule has 15 heavy (non-hydrogen) atoms. The van der Waals surface area contributed by atoms with Crippen LogP contribution in [0.2, 0.25) is 0 Å². The van der Waals surface area contributed by atoms with Gasteiger partial charge in [0.15, 0.2) is 0 Å². The lowest BCUT2D eigenvalue weighted by Gasteiger charge is -2.26. The third kappa shape index (κ3) is 3.33. The van der Waals surface area contributed by atoms with E-state index in [0.717, 1.165) is 11.0 Å². The standard InChI is InChI=1S/C12H15BrN2/c1-12(2,9-15-8-7-14)10-5-3-4-6-11(10)13/h3-6,15H,8-9H2,1-2H3. The van der Waals surface area contributed by atoms with E-state index >= 15 is 0 Å². The average molecular weight is 267 g/mol. The van der Waals surface area contributed by atoms with Crippen molar-refractivity contribution >= 4 is 15.9 Å². The molecule has 1 aromatic carbocycles. The number of rotatable bonds is 4. The number of nitriles is 1. The van der Waals surface area contributed by atoms with Crippen molar-refractivity contribution in [2.75, 3.05) is 13.1 Å². The molecule has 0 aromatic heterocycles. The van der Waals surface area contributed by atoms with Crippen LogP contribution in [0, 0.1) is 11.3 Å². The van der Waals surface area contributed by atoms with Gasteiger partial charge in [-0.3, -0.25) is 0 Å². The Hall–Kier alpha value is -0.850. The second-order valence-electron chi connectivity index (χ2n) is 4.13. The van der Waals surface area contributed by atoms with Crippen molar-refractivity contribution in [1.82, 2.24) is 5.32 Å². The lowest BCUT2D eigenvalue weighted by molar-refractivity contribution is 0.483. The van der Waals surface area contributed by atoms with Crippen molar-refractivity contribution in [3.05, 3.63) is 34.3 Å². The first-order chi connectivity index (χ1) is 7.08. The second kappa shape index (κ2) is 5.29. The van der Waals surface area contributed by atoms with E-state index in [1.165, 1.54) is 5.56 Å². The SMILES string of the molecule is CC(C)(CNCC#N)c1ccccc1Br. The van der Waals surface area contributed by atoms with Gasteiger partial charge in [0, 0.05) is 16.4 Å². The molecule has 0 aliphatic rings. The van der Waals surface area contributed by atoms with E-state index in [1.807, 2.05) is 18.2 Å². The molecular formula is C12H15BrN2. The van der Waals surface area contributed by atoms with Crippen molar-refractivity contribution in [1.29, 1.82) is 5.26 Å². The first-order valence-electron chi connectivity index (χ1n) is 4.90. The number of hydrogen-bond donors (Lipinski definition) is 1. The summed E-state index contributed by atoms with van der Waals surface area (Å²) in [5, 5.41) is 11.6. The van der Waals surface area contributed by atoms with Crippen LogP contribution in [0.4, 0.5) is 0 Å². The molecule has 0 saturated heterocycles. The molecule has 1 rings (SSSR count). The van der Waals surface area contributed by atoms with E-state index in [9.17, 15) is 0 Å². The highest BCUT2D eigenvalue weighted by Gasteiger charge is 2.21. The normalized spacial score (nSPS) is 11.1. The Balaban J connectivity index is 2.77. The summed E-state index contributed by atoms with van der Waals surface area (Å²) < 4.78 is 1.12. The summed E-state index contributed by atoms with van der Waals surface area (Å²) in [6, 6.07) is 10.3. The van der Waals surface area contributed by atoms with Crippen molar-refractivity contribution in [3.63, 3.8) is 0 Å². The first-order valence-corrected chi connectivity index (χ1v) is 5.70. The molecule has 2 nitrogen and oxygen atoms in total. The van der Waals surface area contributed by atoms with Crippen LogP contribution in [0.1, 0.15) is 19.4 Å². The van der Waals surface area contributed by atoms with Gasteiger partial charge in [0.05, 0.1) is 12.6 Å². The molecule has 0 unspecified atom stereocenters. The third-order valence-electron chi connectivity index (χ3n) is 2.37. The zero-order valence-electron chi connectivity index (χ0n) is 9.05. The molecule has 0 spiro atoms. The predicted octanol–water partition coefficient (Wildman–Crippen LogP) is 2.84. The molecule has 0 radical (unpaired) electrons. The van der Waals surface area contributed by atoms with Crippen LogP contribution in [0.15, 0.2) is 28.7 Å². The summed E-state index contributed by atoms with van der Waals surface area (Å²) in [5.41, 5.74) is 1.28. The molecule has 1 aromatic rings. The Bertz CT molecular complexity index is 366. The topological polar surface area (TPSA) is 35.8 Å². The molecule has 0 fully saturated rings. The first kappa shape index (κ1) is 12.2. The molecule has 0 saturated carbocycles. The van der Waals surface area contributed by atoms with Crippen molar-refractivity contribution in [3.8, 4) is 6.07 Å². The van der Waals surface area contributed by atoms with Gasteiger partial charge in [0.1, 0.15) is 0 Å². The zero-order chi connectivity index (χ0) is 11.3. The fourth-order valence-corrected chi connectivity index (χ4v) is 2.36. The van der Waals surface area contributed by atoms with Crippen molar-refractivity contribution in [2.24, 2.45) is 0 Å². The average Bonchev–Trinajstić information content (AvgIpc) is 2.18. The molecule has 1 N–H and O–H groups in total. The predicted molar refractivity (Wildman–Crippen MR) is 65.7 cm³/mol. The van der Waals surface area contributed by atoms with Crippen LogP contribution in [-0.4, -0.2) is 13.1 Å². The Morgan fingerprint density at radius 1 is 1.40 bits per heavy atom. The zero-order valence-corrected chi connectivity index (χ0v) is 10.6. The number of hydrogen-bond acceptors (Lipinski definition) is 2. The minimum atomic E-state index is 0.0247. The van der Waals surface area contributed by atoms with Crippen molar-refractivity contribution < 1.29 is 0 Å². The van der Waals surface area contributed by atoms with Gasteiger partial charge in [-0.1, -0.05) is 48.0 Å². The van der Waals surface area contributed by atoms with E-state index in [4.69, 9.17) is 5.26 Å². The van der Waals surface area contributed by atoms with Crippen LogP contribution in [0.3, 0.4) is 0 Å². The lowest BCUT2D eigenvalue weighted by atomic mass is 9.84. The van der Waals surface area contributed by atoms with Gasteiger partial charge in [-0.2, -0.15) is 5.26 Å². The van der Waals surface area contributed by atoms with E-state index in [1.54, 1.807) is 0 Å². The van der Waals surface area contributed by atoms with E-state index < -0.39 is 0 Å². The van der Waals surface area contributed by atoms with Gasteiger partial charge in [-0.05, 0) is 11.6 Å².